The summed E-state index contributed by atoms with van der Waals surface area (Å²) in [5, 5.41) is 9.20. The molecule has 2 aromatic carbocycles. The molecule has 0 heterocycles. The summed E-state index contributed by atoms with van der Waals surface area (Å²) in [6.45, 7) is 5.43. The minimum absolute atomic E-state index is 0.115. The summed E-state index contributed by atoms with van der Waals surface area (Å²) in [5.74, 6) is 0.794. The number of hydrogen-bond donors (Lipinski definition) is 1. The van der Waals surface area contributed by atoms with E-state index in [1.807, 2.05) is 24.3 Å². The molecule has 2 aromatic rings. The third-order valence-corrected chi connectivity index (χ3v) is 4.58. The van der Waals surface area contributed by atoms with Crippen molar-refractivity contribution in [2.24, 2.45) is 0 Å². The first kappa shape index (κ1) is 24.1. The van der Waals surface area contributed by atoms with E-state index in [1.54, 1.807) is 32.2 Å². The molecule has 0 aromatic heterocycles. The van der Waals surface area contributed by atoms with Crippen molar-refractivity contribution in [3.8, 4) is 17.2 Å². The summed E-state index contributed by atoms with van der Waals surface area (Å²) in [6.07, 6.45) is 5.65. The Balaban J connectivity index is 1.91. The van der Waals surface area contributed by atoms with E-state index in [0.29, 0.717) is 23.7 Å². The van der Waals surface area contributed by atoms with E-state index < -0.39 is 5.97 Å². The number of carboxylic acids is 1. The van der Waals surface area contributed by atoms with Gasteiger partial charge in [-0.25, -0.2) is 4.79 Å². The molecule has 6 nitrogen and oxygen atoms in total. The van der Waals surface area contributed by atoms with Gasteiger partial charge < -0.3 is 24.1 Å². The highest BCUT2D eigenvalue weighted by atomic mass is 16.5. The number of carbonyl (C=O) groups is 1. The molecule has 0 aliphatic heterocycles. The minimum Gasteiger partial charge on any atom is -0.494 e. The number of carboxylic acid groups (broad SMARTS) is 1. The Morgan fingerprint density at radius 1 is 0.968 bits per heavy atom. The molecule has 0 bridgehead atoms. The van der Waals surface area contributed by atoms with Crippen molar-refractivity contribution in [3.63, 3.8) is 0 Å². The molecule has 31 heavy (non-hydrogen) atoms. The molecule has 0 fully saturated rings. The molecular weight excluding hydrogens is 396 g/mol. The molecule has 0 aliphatic carbocycles. The Kier molecular flexibility index (Phi) is 10.3. The maximum Gasteiger partial charge on any atom is 0.371 e. The molecule has 168 valence electrons. The Hall–Kier alpha value is -3.15. The van der Waals surface area contributed by atoms with Crippen LogP contribution in [0.5, 0.6) is 17.2 Å². The number of unbranched alkanes of at least 4 members (excludes halogenated alkanes) is 2. The number of hydrogen-bond acceptors (Lipinski definition) is 5. The van der Waals surface area contributed by atoms with Gasteiger partial charge in [-0.3, -0.25) is 0 Å². The van der Waals surface area contributed by atoms with Crippen LogP contribution in [0.4, 0.5) is 0 Å². The topological polar surface area (TPSA) is 74.2 Å². The number of ether oxygens (including phenoxy) is 4. The SMILES string of the molecule is CCCCCOc1ccc(CCOc2ccc(/C=C(\OCC)C(=O)O)cc2OC)cc1. The maximum atomic E-state index is 11.2. The smallest absolute Gasteiger partial charge is 0.371 e. The van der Waals surface area contributed by atoms with Crippen molar-refractivity contribution in [1.29, 1.82) is 0 Å². The van der Waals surface area contributed by atoms with Crippen LogP contribution in [0.15, 0.2) is 48.2 Å². The van der Waals surface area contributed by atoms with Crippen LogP contribution in [-0.4, -0.2) is 38.0 Å². The predicted molar refractivity (Wildman–Crippen MR) is 121 cm³/mol. The van der Waals surface area contributed by atoms with Gasteiger partial charge in [0.1, 0.15) is 5.75 Å². The van der Waals surface area contributed by atoms with E-state index in [1.165, 1.54) is 18.9 Å². The van der Waals surface area contributed by atoms with E-state index in [9.17, 15) is 9.90 Å². The first-order valence-electron chi connectivity index (χ1n) is 10.7. The second kappa shape index (κ2) is 13.2. The monoisotopic (exact) mass is 428 g/mol. The van der Waals surface area contributed by atoms with Crippen LogP contribution in [0.25, 0.3) is 6.08 Å². The van der Waals surface area contributed by atoms with Gasteiger partial charge in [0.05, 0.1) is 26.9 Å². The number of methoxy groups -OCH3 is 1. The Morgan fingerprint density at radius 2 is 1.74 bits per heavy atom. The third-order valence-electron chi connectivity index (χ3n) is 4.58. The summed E-state index contributed by atoms with van der Waals surface area (Å²) in [7, 11) is 1.55. The molecule has 6 heteroatoms. The van der Waals surface area contributed by atoms with Gasteiger partial charge in [0.25, 0.3) is 0 Å². The molecule has 0 aliphatic rings. The molecule has 0 radical (unpaired) electrons. The van der Waals surface area contributed by atoms with Gasteiger partial charge >= 0.3 is 5.97 Å². The average molecular weight is 429 g/mol. The van der Waals surface area contributed by atoms with Crippen molar-refractivity contribution in [1.82, 2.24) is 0 Å². The van der Waals surface area contributed by atoms with Gasteiger partial charge in [0.15, 0.2) is 11.5 Å². The van der Waals surface area contributed by atoms with Crippen LogP contribution in [0.1, 0.15) is 44.2 Å². The lowest BCUT2D eigenvalue weighted by atomic mass is 10.1. The van der Waals surface area contributed by atoms with E-state index in [-0.39, 0.29) is 12.4 Å². The lowest BCUT2D eigenvalue weighted by Gasteiger charge is -2.12. The number of rotatable bonds is 14. The zero-order chi connectivity index (χ0) is 22.5. The van der Waals surface area contributed by atoms with E-state index >= 15 is 0 Å². The van der Waals surface area contributed by atoms with E-state index in [4.69, 9.17) is 18.9 Å². The van der Waals surface area contributed by atoms with Gasteiger partial charge in [0.2, 0.25) is 5.76 Å². The minimum atomic E-state index is -1.11. The summed E-state index contributed by atoms with van der Waals surface area (Å²) < 4.78 is 22.2. The normalized spacial score (nSPS) is 11.1. The van der Waals surface area contributed by atoms with Crippen molar-refractivity contribution >= 4 is 12.0 Å². The highest BCUT2D eigenvalue weighted by molar-refractivity contribution is 5.90. The molecule has 0 amide bonds. The maximum absolute atomic E-state index is 11.2. The zero-order valence-corrected chi connectivity index (χ0v) is 18.6. The predicted octanol–water partition coefficient (Wildman–Crippen LogP) is 5.35. The molecule has 0 saturated carbocycles. The largest absolute Gasteiger partial charge is 0.494 e. The summed E-state index contributed by atoms with van der Waals surface area (Å²) in [5.41, 5.74) is 1.81. The van der Waals surface area contributed by atoms with Crippen LogP contribution in [0.3, 0.4) is 0 Å². The first-order chi connectivity index (χ1) is 15.1. The van der Waals surface area contributed by atoms with Gasteiger partial charge in [-0.1, -0.05) is 38.0 Å². The molecular formula is C25H32O6. The second-order valence-corrected chi connectivity index (χ2v) is 6.96. The Labute approximate surface area is 184 Å². The van der Waals surface area contributed by atoms with Gasteiger partial charge in [-0.05, 0) is 54.8 Å². The van der Waals surface area contributed by atoms with Crippen molar-refractivity contribution < 1.29 is 28.8 Å². The van der Waals surface area contributed by atoms with Crippen LogP contribution in [0.2, 0.25) is 0 Å². The molecule has 0 saturated heterocycles. The summed E-state index contributed by atoms with van der Waals surface area (Å²) in [4.78, 5) is 11.2. The fourth-order valence-corrected chi connectivity index (χ4v) is 2.94. The number of aliphatic carboxylic acids is 1. The molecule has 0 unspecified atom stereocenters. The van der Waals surface area contributed by atoms with Crippen LogP contribution in [0, 0.1) is 0 Å². The molecule has 0 atom stereocenters. The van der Waals surface area contributed by atoms with Gasteiger partial charge in [-0.2, -0.15) is 0 Å². The van der Waals surface area contributed by atoms with Crippen molar-refractivity contribution in [2.45, 2.75) is 39.5 Å². The van der Waals surface area contributed by atoms with E-state index in [0.717, 1.165) is 30.8 Å². The van der Waals surface area contributed by atoms with Gasteiger partial charge in [-0.15, -0.1) is 0 Å². The zero-order valence-electron chi connectivity index (χ0n) is 18.6. The number of benzene rings is 2. The van der Waals surface area contributed by atoms with Crippen LogP contribution < -0.4 is 14.2 Å². The van der Waals surface area contributed by atoms with Crippen molar-refractivity contribution in [2.75, 3.05) is 26.9 Å². The quantitative estimate of drug-likeness (QED) is 0.248. The standard InChI is InChI=1S/C25H32O6/c1-4-6-7-15-30-21-11-8-19(9-12-21)14-16-31-22-13-10-20(17-23(22)28-3)18-24(25(26)27)29-5-2/h8-13,17-18H,4-7,14-16H2,1-3H3,(H,26,27)/b24-18-. The summed E-state index contributed by atoms with van der Waals surface area (Å²) in [6, 6.07) is 13.3. The lowest BCUT2D eigenvalue weighted by Crippen LogP contribution is -2.05. The second-order valence-electron chi connectivity index (χ2n) is 6.96. The highest BCUT2D eigenvalue weighted by Crippen LogP contribution is 2.29. The summed E-state index contributed by atoms with van der Waals surface area (Å²) >= 11 is 0. The van der Waals surface area contributed by atoms with Crippen LogP contribution >= 0.6 is 0 Å². The van der Waals surface area contributed by atoms with Gasteiger partial charge in [0, 0.05) is 6.42 Å². The van der Waals surface area contributed by atoms with Crippen LogP contribution in [-0.2, 0) is 16.0 Å². The van der Waals surface area contributed by atoms with E-state index in [2.05, 4.69) is 6.92 Å². The fraction of sp³-hybridized carbons (Fsp3) is 0.400. The Morgan fingerprint density at radius 3 is 2.39 bits per heavy atom. The fourth-order valence-electron chi connectivity index (χ4n) is 2.94. The molecule has 2 rings (SSSR count). The molecule has 0 spiro atoms. The van der Waals surface area contributed by atoms with Crippen molar-refractivity contribution in [3.05, 3.63) is 59.4 Å². The highest BCUT2D eigenvalue weighted by Gasteiger charge is 2.10. The lowest BCUT2D eigenvalue weighted by molar-refractivity contribution is -0.136. The third kappa shape index (κ3) is 8.24. The average Bonchev–Trinajstić information content (AvgIpc) is 2.78. The first-order valence-corrected chi connectivity index (χ1v) is 10.7. The Bertz CT molecular complexity index is 842. The molecule has 1 N–H and O–H groups in total.